The Morgan fingerprint density at radius 3 is 2.47 bits per heavy atom. The summed E-state index contributed by atoms with van der Waals surface area (Å²) in [6.07, 6.45) is 0. The van der Waals surface area contributed by atoms with Gasteiger partial charge < -0.3 is 5.73 Å². The van der Waals surface area contributed by atoms with E-state index in [4.69, 9.17) is 5.73 Å². The lowest BCUT2D eigenvalue weighted by Crippen LogP contribution is -2.44. The lowest BCUT2D eigenvalue weighted by molar-refractivity contribution is -0.385. The van der Waals surface area contributed by atoms with Gasteiger partial charge in [-0.05, 0) is 37.2 Å². The van der Waals surface area contributed by atoms with Gasteiger partial charge in [0.25, 0.3) is 15.7 Å². The molecule has 0 aromatic heterocycles. The number of nitrogens with two attached hydrogens (primary N) is 1. The summed E-state index contributed by atoms with van der Waals surface area (Å²) >= 11 is 4.47. The predicted molar refractivity (Wildman–Crippen MR) is 72.8 cm³/mol. The molecule has 0 atom stereocenters. The molecule has 0 aliphatic rings. The number of hydrazine groups is 1. The molecule has 0 amide bonds. The third-order valence-corrected chi connectivity index (χ3v) is 3.89. The van der Waals surface area contributed by atoms with E-state index in [1.54, 1.807) is 13.8 Å². The summed E-state index contributed by atoms with van der Waals surface area (Å²) in [5, 5.41) is 10.5. The maximum atomic E-state index is 12.0. The maximum Gasteiger partial charge on any atom is 0.271 e. The summed E-state index contributed by atoms with van der Waals surface area (Å²) in [5.74, 6) is 0. The zero-order valence-corrected chi connectivity index (χ0v) is 11.8. The van der Waals surface area contributed by atoms with Crippen molar-refractivity contribution in [2.24, 2.45) is 5.73 Å². The maximum absolute atomic E-state index is 12.0. The number of nitrogens with zero attached hydrogens (tertiary/aromatic N) is 1. The van der Waals surface area contributed by atoms with Gasteiger partial charge in [0.15, 0.2) is 5.11 Å². The van der Waals surface area contributed by atoms with E-state index in [9.17, 15) is 18.5 Å². The highest BCUT2D eigenvalue weighted by Gasteiger charge is 2.22. The third-order valence-electron chi connectivity index (χ3n) is 2.41. The van der Waals surface area contributed by atoms with E-state index >= 15 is 0 Å². The van der Waals surface area contributed by atoms with Crippen molar-refractivity contribution >= 4 is 33.0 Å². The van der Waals surface area contributed by atoms with Gasteiger partial charge in [-0.25, -0.2) is 8.42 Å². The summed E-state index contributed by atoms with van der Waals surface area (Å²) in [6, 6.07) is 2.28. The topological polar surface area (TPSA) is 127 Å². The molecule has 19 heavy (non-hydrogen) atoms. The highest BCUT2D eigenvalue weighted by molar-refractivity contribution is 7.89. The van der Waals surface area contributed by atoms with Crippen LogP contribution in [0.2, 0.25) is 0 Å². The van der Waals surface area contributed by atoms with Crippen molar-refractivity contribution < 1.29 is 13.3 Å². The molecule has 0 saturated heterocycles. The van der Waals surface area contributed by atoms with E-state index in [-0.39, 0.29) is 15.7 Å². The van der Waals surface area contributed by atoms with Crippen molar-refractivity contribution in [3.05, 3.63) is 33.4 Å². The molecule has 1 aromatic carbocycles. The lowest BCUT2D eigenvalue weighted by atomic mass is 10.1. The van der Waals surface area contributed by atoms with Crippen LogP contribution in [0.5, 0.6) is 0 Å². The molecular weight excluding hydrogens is 292 g/mol. The van der Waals surface area contributed by atoms with E-state index in [1.807, 2.05) is 4.83 Å². The van der Waals surface area contributed by atoms with Crippen molar-refractivity contribution in [1.29, 1.82) is 0 Å². The highest BCUT2D eigenvalue weighted by atomic mass is 32.2. The summed E-state index contributed by atoms with van der Waals surface area (Å²) in [7, 11) is -4.00. The molecule has 0 bridgehead atoms. The van der Waals surface area contributed by atoms with Gasteiger partial charge in [-0.15, -0.1) is 4.83 Å². The van der Waals surface area contributed by atoms with Crippen molar-refractivity contribution in [2.75, 3.05) is 0 Å². The van der Waals surface area contributed by atoms with E-state index < -0.39 is 14.9 Å². The van der Waals surface area contributed by atoms with Crippen LogP contribution in [0, 0.1) is 24.0 Å². The van der Waals surface area contributed by atoms with Crippen LogP contribution < -0.4 is 16.0 Å². The van der Waals surface area contributed by atoms with Crippen LogP contribution in [-0.2, 0) is 10.0 Å². The lowest BCUT2D eigenvalue weighted by Gasteiger charge is -2.11. The summed E-state index contributed by atoms with van der Waals surface area (Å²) in [6.45, 7) is 3.14. The molecule has 0 heterocycles. The first-order valence-corrected chi connectivity index (χ1v) is 6.87. The fourth-order valence-corrected chi connectivity index (χ4v) is 2.68. The van der Waals surface area contributed by atoms with Gasteiger partial charge >= 0.3 is 0 Å². The van der Waals surface area contributed by atoms with Gasteiger partial charge in [0.05, 0.1) is 9.82 Å². The molecule has 0 unspecified atom stereocenters. The Morgan fingerprint density at radius 1 is 1.42 bits per heavy atom. The zero-order chi connectivity index (χ0) is 14.8. The predicted octanol–water partition coefficient (Wildman–Crippen LogP) is 0.238. The Hall–Kier alpha value is -1.78. The summed E-state index contributed by atoms with van der Waals surface area (Å²) in [4.78, 5) is 11.8. The molecule has 4 N–H and O–H groups in total. The first kappa shape index (κ1) is 15.3. The number of non-ortho nitro benzene ring substituents is 1. The number of rotatable bonds is 4. The largest absolute Gasteiger partial charge is 0.375 e. The van der Waals surface area contributed by atoms with Crippen molar-refractivity contribution in [1.82, 2.24) is 10.3 Å². The standard InChI is InChI=1S/C9H12N4O4S2/c1-5-3-7(13(14)15)4-8(6(5)2)19(16,17)12-11-9(10)18/h3-4,12H,1-2H3,(H3,10,11,18). The molecule has 0 saturated carbocycles. The van der Waals surface area contributed by atoms with Gasteiger partial charge in [-0.2, -0.15) is 0 Å². The molecule has 10 heteroatoms. The Morgan fingerprint density at radius 2 is 2.00 bits per heavy atom. The molecule has 104 valence electrons. The molecule has 0 fully saturated rings. The molecule has 0 aliphatic carbocycles. The van der Waals surface area contributed by atoms with Crippen LogP contribution in [0.4, 0.5) is 5.69 Å². The van der Waals surface area contributed by atoms with Gasteiger partial charge in [-0.1, -0.05) is 0 Å². The van der Waals surface area contributed by atoms with Crippen LogP contribution in [0.3, 0.4) is 0 Å². The minimum absolute atomic E-state index is 0.206. The molecule has 8 nitrogen and oxygen atoms in total. The minimum atomic E-state index is -4.00. The molecular formula is C9H12N4O4S2. The smallest absolute Gasteiger partial charge is 0.271 e. The first-order chi connectivity index (χ1) is 8.65. The fraction of sp³-hybridized carbons (Fsp3) is 0.222. The fourth-order valence-electron chi connectivity index (χ4n) is 1.37. The van der Waals surface area contributed by atoms with Crippen LogP contribution in [0.1, 0.15) is 11.1 Å². The summed E-state index contributed by atoms with van der Waals surface area (Å²) < 4.78 is 23.9. The second kappa shape index (κ2) is 5.47. The van der Waals surface area contributed by atoms with Crippen molar-refractivity contribution in [3.63, 3.8) is 0 Å². The van der Waals surface area contributed by atoms with Gasteiger partial charge in [0.1, 0.15) is 0 Å². The molecule has 0 spiro atoms. The number of nitro benzene ring substituents is 1. The SMILES string of the molecule is Cc1cc([N+](=O)[O-])cc(S(=O)(=O)NNC(N)=S)c1C. The average Bonchev–Trinajstić information content (AvgIpc) is 2.29. The van der Waals surface area contributed by atoms with Crippen molar-refractivity contribution in [2.45, 2.75) is 18.7 Å². The Bertz CT molecular complexity index is 642. The number of sulfonamides is 1. The number of hydrogen-bond acceptors (Lipinski definition) is 5. The number of benzene rings is 1. The van der Waals surface area contributed by atoms with Crippen LogP contribution in [-0.4, -0.2) is 18.5 Å². The monoisotopic (exact) mass is 304 g/mol. The average molecular weight is 304 g/mol. The number of hydrogen-bond donors (Lipinski definition) is 3. The first-order valence-electron chi connectivity index (χ1n) is 4.98. The normalized spacial score (nSPS) is 11.1. The Kier molecular flexibility index (Phi) is 4.39. The second-order valence-electron chi connectivity index (χ2n) is 3.74. The summed E-state index contributed by atoms with van der Waals surface area (Å²) in [5.41, 5.74) is 7.78. The van der Waals surface area contributed by atoms with E-state index in [0.29, 0.717) is 11.1 Å². The van der Waals surface area contributed by atoms with Crippen LogP contribution >= 0.6 is 12.2 Å². The van der Waals surface area contributed by atoms with Gasteiger partial charge in [-0.3, -0.25) is 15.5 Å². The quantitative estimate of drug-likeness (QED) is 0.413. The van der Waals surface area contributed by atoms with E-state index in [1.165, 1.54) is 6.07 Å². The number of nitro groups is 1. The Labute approximate surface area is 115 Å². The second-order valence-corrected chi connectivity index (χ2v) is 5.83. The number of nitrogens with one attached hydrogen (secondary N) is 2. The molecule has 1 rings (SSSR count). The van der Waals surface area contributed by atoms with Crippen LogP contribution in [0.15, 0.2) is 17.0 Å². The minimum Gasteiger partial charge on any atom is -0.375 e. The van der Waals surface area contributed by atoms with Crippen LogP contribution in [0.25, 0.3) is 0 Å². The van der Waals surface area contributed by atoms with Gasteiger partial charge in [0.2, 0.25) is 0 Å². The number of aryl methyl sites for hydroxylation is 1. The van der Waals surface area contributed by atoms with E-state index in [0.717, 1.165) is 6.07 Å². The molecule has 1 aromatic rings. The zero-order valence-electron chi connectivity index (χ0n) is 10.1. The third kappa shape index (κ3) is 3.59. The molecule has 0 aliphatic heterocycles. The van der Waals surface area contributed by atoms with E-state index in [2.05, 4.69) is 17.6 Å². The van der Waals surface area contributed by atoms with Crippen molar-refractivity contribution in [3.8, 4) is 0 Å². The van der Waals surface area contributed by atoms with Gasteiger partial charge in [0, 0.05) is 12.1 Å². The Balaban J connectivity index is 3.33. The number of thiocarbonyl (C=S) groups is 1. The highest BCUT2D eigenvalue weighted by Crippen LogP contribution is 2.24. The molecule has 0 radical (unpaired) electrons.